The summed E-state index contributed by atoms with van der Waals surface area (Å²) in [5.74, 6) is 1.85. The summed E-state index contributed by atoms with van der Waals surface area (Å²) in [7, 11) is 0. The van der Waals surface area contributed by atoms with Gasteiger partial charge in [-0.25, -0.2) is 4.98 Å². The summed E-state index contributed by atoms with van der Waals surface area (Å²) in [4.78, 5) is 18.2. The summed E-state index contributed by atoms with van der Waals surface area (Å²) in [6.45, 7) is 1.77. The lowest BCUT2D eigenvalue weighted by atomic mass is 10.4. The maximum absolute atomic E-state index is 11.3. The van der Waals surface area contributed by atoms with Crippen LogP contribution in [0.4, 0.5) is 0 Å². The average molecular weight is 290 g/mol. The number of H-pyrrole nitrogens is 1. The molecule has 0 unspecified atom stereocenters. The van der Waals surface area contributed by atoms with Crippen LogP contribution >= 0.6 is 11.8 Å². The predicted octanol–water partition coefficient (Wildman–Crippen LogP) is 2.01. The van der Waals surface area contributed by atoms with Gasteiger partial charge < -0.3 is 13.8 Å². The number of aryl methyl sites for hydroxylation is 1. The third kappa shape index (κ3) is 2.80. The van der Waals surface area contributed by atoms with Crippen LogP contribution in [-0.4, -0.2) is 20.2 Å². The molecule has 0 aromatic carbocycles. The summed E-state index contributed by atoms with van der Waals surface area (Å²) in [5.41, 5.74) is 0.501. The Balaban J connectivity index is 1.71. The molecule has 3 aromatic heterocycles. The minimum absolute atomic E-state index is 0.171. The standard InChI is InChI=1S/C12H10N4O3S/c1-7-5-10(17)14-9(13-7)6-20-12-16-15-11(19-12)8-3-2-4-18-8/h2-5H,6H2,1H3,(H,13,14,17). The Kier molecular flexibility index (Phi) is 3.38. The van der Waals surface area contributed by atoms with Gasteiger partial charge >= 0.3 is 0 Å². The summed E-state index contributed by atoms with van der Waals surface area (Å²) >= 11 is 1.29. The van der Waals surface area contributed by atoms with E-state index in [1.165, 1.54) is 24.1 Å². The van der Waals surface area contributed by atoms with Gasteiger partial charge in [0.15, 0.2) is 5.76 Å². The van der Waals surface area contributed by atoms with E-state index in [1.807, 2.05) is 0 Å². The van der Waals surface area contributed by atoms with Crippen LogP contribution in [0.2, 0.25) is 0 Å². The van der Waals surface area contributed by atoms with Gasteiger partial charge in [0.2, 0.25) is 0 Å². The Bertz CT molecular complexity index is 763. The fraction of sp³-hybridized carbons (Fsp3) is 0.167. The molecule has 0 aliphatic carbocycles. The lowest BCUT2D eigenvalue weighted by Gasteiger charge is -1.98. The van der Waals surface area contributed by atoms with E-state index in [-0.39, 0.29) is 5.56 Å². The molecular weight excluding hydrogens is 280 g/mol. The molecule has 1 N–H and O–H groups in total. The molecule has 7 nitrogen and oxygen atoms in total. The van der Waals surface area contributed by atoms with E-state index in [4.69, 9.17) is 8.83 Å². The molecule has 0 aliphatic rings. The van der Waals surface area contributed by atoms with Gasteiger partial charge in [0.1, 0.15) is 5.82 Å². The number of nitrogens with zero attached hydrogens (tertiary/aromatic N) is 3. The van der Waals surface area contributed by atoms with E-state index < -0.39 is 0 Å². The van der Waals surface area contributed by atoms with Gasteiger partial charge in [0.25, 0.3) is 16.7 Å². The fourth-order valence-corrected chi connectivity index (χ4v) is 2.24. The van der Waals surface area contributed by atoms with Crippen LogP contribution < -0.4 is 5.56 Å². The van der Waals surface area contributed by atoms with Gasteiger partial charge in [0, 0.05) is 11.8 Å². The van der Waals surface area contributed by atoms with Crippen LogP contribution in [-0.2, 0) is 5.75 Å². The van der Waals surface area contributed by atoms with E-state index in [1.54, 1.807) is 19.1 Å². The quantitative estimate of drug-likeness (QED) is 0.734. The van der Waals surface area contributed by atoms with Crippen molar-refractivity contribution in [3.8, 4) is 11.7 Å². The van der Waals surface area contributed by atoms with E-state index >= 15 is 0 Å². The van der Waals surface area contributed by atoms with E-state index in [0.29, 0.717) is 34.1 Å². The topological polar surface area (TPSA) is 97.8 Å². The number of hydrogen-bond donors (Lipinski definition) is 1. The highest BCUT2D eigenvalue weighted by Gasteiger charge is 2.11. The molecule has 0 atom stereocenters. The summed E-state index contributed by atoms with van der Waals surface area (Å²) in [5, 5.41) is 8.17. The van der Waals surface area contributed by atoms with Crippen LogP contribution in [0.15, 0.2) is 43.3 Å². The number of aromatic nitrogens is 4. The third-order valence-electron chi connectivity index (χ3n) is 2.39. The van der Waals surface area contributed by atoms with E-state index in [2.05, 4.69) is 20.2 Å². The van der Waals surface area contributed by atoms with E-state index in [0.717, 1.165) is 0 Å². The molecule has 0 amide bonds. The Morgan fingerprint density at radius 2 is 2.30 bits per heavy atom. The monoisotopic (exact) mass is 290 g/mol. The highest BCUT2D eigenvalue weighted by molar-refractivity contribution is 7.98. The maximum atomic E-state index is 11.3. The molecular formula is C12H10N4O3S. The summed E-state index contributed by atoms with van der Waals surface area (Å²) in [6, 6.07) is 4.92. The summed E-state index contributed by atoms with van der Waals surface area (Å²) < 4.78 is 10.6. The van der Waals surface area contributed by atoms with Crippen molar-refractivity contribution in [1.82, 2.24) is 20.2 Å². The lowest BCUT2D eigenvalue weighted by Crippen LogP contribution is -2.10. The Morgan fingerprint density at radius 1 is 1.40 bits per heavy atom. The van der Waals surface area contributed by atoms with Crippen LogP contribution in [0.25, 0.3) is 11.7 Å². The molecule has 102 valence electrons. The smallest absolute Gasteiger partial charge is 0.284 e. The second-order valence-electron chi connectivity index (χ2n) is 3.97. The average Bonchev–Trinajstić information content (AvgIpc) is 3.06. The van der Waals surface area contributed by atoms with Crippen LogP contribution in [0.5, 0.6) is 0 Å². The van der Waals surface area contributed by atoms with Crippen molar-refractivity contribution in [3.05, 3.63) is 46.3 Å². The highest BCUT2D eigenvalue weighted by atomic mass is 32.2. The first kappa shape index (κ1) is 12.7. The predicted molar refractivity (Wildman–Crippen MR) is 71.2 cm³/mol. The number of rotatable bonds is 4. The molecule has 0 saturated carbocycles. The van der Waals surface area contributed by atoms with Crippen LogP contribution in [0.3, 0.4) is 0 Å². The zero-order valence-corrected chi connectivity index (χ0v) is 11.3. The molecule has 20 heavy (non-hydrogen) atoms. The SMILES string of the molecule is Cc1cc(=O)[nH]c(CSc2nnc(-c3ccco3)o2)n1. The molecule has 3 rings (SSSR count). The van der Waals surface area contributed by atoms with Crippen LogP contribution in [0.1, 0.15) is 11.5 Å². The van der Waals surface area contributed by atoms with Gasteiger partial charge in [-0.3, -0.25) is 4.79 Å². The Labute approximate surface area is 117 Å². The minimum atomic E-state index is -0.171. The molecule has 3 heterocycles. The minimum Gasteiger partial charge on any atom is -0.459 e. The maximum Gasteiger partial charge on any atom is 0.284 e. The van der Waals surface area contributed by atoms with Gasteiger partial charge in [0.05, 0.1) is 12.0 Å². The number of hydrogen-bond acceptors (Lipinski definition) is 7. The normalized spacial score (nSPS) is 10.8. The fourth-order valence-electron chi connectivity index (χ4n) is 1.61. The second-order valence-corrected chi connectivity index (χ2v) is 4.90. The Hall–Kier alpha value is -2.35. The first-order chi connectivity index (χ1) is 9.70. The van der Waals surface area contributed by atoms with Gasteiger partial charge in [-0.05, 0) is 19.1 Å². The number of nitrogens with one attached hydrogen (secondary N) is 1. The molecule has 0 spiro atoms. The zero-order chi connectivity index (χ0) is 13.9. The van der Waals surface area contributed by atoms with Crippen molar-refractivity contribution in [3.63, 3.8) is 0 Å². The zero-order valence-electron chi connectivity index (χ0n) is 10.5. The Morgan fingerprint density at radius 3 is 3.05 bits per heavy atom. The summed E-state index contributed by atoms with van der Waals surface area (Å²) in [6.07, 6.45) is 1.54. The molecule has 3 aromatic rings. The van der Waals surface area contributed by atoms with Crippen molar-refractivity contribution in [2.45, 2.75) is 17.9 Å². The van der Waals surface area contributed by atoms with Crippen molar-refractivity contribution in [2.24, 2.45) is 0 Å². The molecule has 0 fully saturated rings. The first-order valence-electron chi connectivity index (χ1n) is 5.78. The van der Waals surface area contributed by atoms with Crippen molar-refractivity contribution in [2.75, 3.05) is 0 Å². The first-order valence-corrected chi connectivity index (χ1v) is 6.76. The number of furan rings is 1. The number of aromatic amines is 1. The van der Waals surface area contributed by atoms with Crippen LogP contribution in [0, 0.1) is 6.92 Å². The van der Waals surface area contributed by atoms with Gasteiger partial charge in [-0.1, -0.05) is 11.8 Å². The van der Waals surface area contributed by atoms with Gasteiger partial charge in [-0.2, -0.15) is 0 Å². The third-order valence-corrected chi connectivity index (χ3v) is 3.22. The molecule has 0 bridgehead atoms. The van der Waals surface area contributed by atoms with Crippen molar-refractivity contribution in [1.29, 1.82) is 0 Å². The van der Waals surface area contributed by atoms with Crippen molar-refractivity contribution >= 4 is 11.8 Å². The van der Waals surface area contributed by atoms with Gasteiger partial charge in [-0.15, -0.1) is 10.2 Å². The number of thioether (sulfide) groups is 1. The van der Waals surface area contributed by atoms with Crippen molar-refractivity contribution < 1.29 is 8.83 Å². The molecule has 0 saturated heterocycles. The molecule has 0 aliphatic heterocycles. The lowest BCUT2D eigenvalue weighted by molar-refractivity contribution is 0.447. The second kappa shape index (κ2) is 5.33. The van der Waals surface area contributed by atoms with E-state index in [9.17, 15) is 4.79 Å². The highest BCUT2D eigenvalue weighted by Crippen LogP contribution is 2.24. The molecule has 8 heteroatoms. The molecule has 0 radical (unpaired) electrons. The largest absolute Gasteiger partial charge is 0.459 e.